The molecule has 0 radical (unpaired) electrons. The fourth-order valence-corrected chi connectivity index (χ4v) is 2.62. The van der Waals surface area contributed by atoms with Crippen LogP contribution in [0.4, 0.5) is 0 Å². The van der Waals surface area contributed by atoms with Crippen LogP contribution >= 0.6 is 11.8 Å². The van der Waals surface area contributed by atoms with Gasteiger partial charge in [-0.05, 0) is 44.4 Å². The molecule has 0 heterocycles. The van der Waals surface area contributed by atoms with Crippen molar-refractivity contribution in [1.29, 1.82) is 0 Å². The number of carbonyl (C=O) groups is 1. The average Bonchev–Trinajstić information content (AvgIpc) is 3.13. The molecule has 1 aromatic rings. The molecule has 2 atom stereocenters. The highest BCUT2D eigenvalue weighted by molar-refractivity contribution is 8.00. The third-order valence-electron chi connectivity index (χ3n) is 2.99. The fraction of sp³-hybridized carbons (Fsp3) is 0.500. The van der Waals surface area contributed by atoms with Crippen molar-refractivity contribution in [2.45, 2.75) is 48.9 Å². The second-order valence-electron chi connectivity index (χ2n) is 4.90. The van der Waals surface area contributed by atoms with E-state index in [2.05, 4.69) is 11.4 Å². The highest BCUT2D eigenvalue weighted by Crippen LogP contribution is 2.27. The number of thioether (sulfide) groups is 1. The van der Waals surface area contributed by atoms with Crippen molar-refractivity contribution in [3.05, 3.63) is 29.8 Å². The summed E-state index contributed by atoms with van der Waals surface area (Å²) >= 11 is 1.59. The van der Waals surface area contributed by atoms with E-state index in [1.807, 2.05) is 32.0 Å². The van der Waals surface area contributed by atoms with Crippen LogP contribution in [0.2, 0.25) is 0 Å². The molecule has 1 aliphatic rings. The van der Waals surface area contributed by atoms with Gasteiger partial charge in [-0.25, -0.2) is 0 Å². The first-order chi connectivity index (χ1) is 8.56. The van der Waals surface area contributed by atoms with Gasteiger partial charge in [0.2, 0.25) is 5.91 Å². The van der Waals surface area contributed by atoms with Crippen LogP contribution in [-0.4, -0.2) is 17.2 Å². The number of amides is 1. The lowest BCUT2D eigenvalue weighted by Crippen LogP contribution is -2.32. The molecule has 0 bridgehead atoms. The maximum Gasteiger partial charge on any atom is 0.233 e. The third-order valence-corrected chi connectivity index (χ3v) is 4.08. The van der Waals surface area contributed by atoms with Crippen LogP contribution in [-0.2, 0) is 4.79 Å². The van der Waals surface area contributed by atoms with Gasteiger partial charge in [-0.2, -0.15) is 0 Å². The number of nitrogens with one attached hydrogen (secondary N) is 1. The predicted octanol–water partition coefficient (Wildman–Crippen LogP) is 2.47. The number of benzene rings is 1. The predicted molar refractivity (Wildman–Crippen MR) is 75.5 cm³/mol. The standard InChI is InChI=1S/C14H20N2OS/c1-9(15)11-4-3-5-13(8-11)18-10(2)14(17)16-12-6-7-12/h3-5,8-10,12H,6-7,15H2,1-2H3,(H,16,17). The summed E-state index contributed by atoms with van der Waals surface area (Å²) in [5, 5.41) is 2.97. The minimum Gasteiger partial charge on any atom is -0.352 e. The molecule has 1 fully saturated rings. The first-order valence-electron chi connectivity index (χ1n) is 6.39. The second kappa shape index (κ2) is 5.76. The highest BCUT2D eigenvalue weighted by atomic mass is 32.2. The summed E-state index contributed by atoms with van der Waals surface area (Å²) in [6.45, 7) is 3.91. The lowest BCUT2D eigenvalue weighted by Gasteiger charge is -2.13. The fourth-order valence-electron chi connectivity index (χ4n) is 1.67. The van der Waals surface area contributed by atoms with Crippen molar-refractivity contribution in [2.75, 3.05) is 0 Å². The molecule has 1 aliphatic carbocycles. The van der Waals surface area contributed by atoms with E-state index in [1.165, 1.54) is 0 Å². The first-order valence-corrected chi connectivity index (χ1v) is 7.27. The Hall–Kier alpha value is -1.00. The number of nitrogens with two attached hydrogens (primary N) is 1. The largest absolute Gasteiger partial charge is 0.352 e. The maximum absolute atomic E-state index is 11.9. The van der Waals surface area contributed by atoms with Crippen molar-refractivity contribution in [3.8, 4) is 0 Å². The Bertz CT molecular complexity index is 430. The summed E-state index contributed by atoms with van der Waals surface area (Å²) < 4.78 is 0. The Labute approximate surface area is 113 Å². The molecule has 1 amide bonds. The molecule has 18 heavy (non-hydrogen) atoms. The molecule has 0 aromatic heterocycles. The van der Waals surface area contributed by atoms with Crippen LogP contribution in [0.1, 0.15) is 38.3 Å². The van der Waals surface area contributed by atoms with Gasteiger partial charge in [0.15, 0.2) is 0 Å². The summed E-state index contributed by atoms with van der Waals surface area (Å²) in [4.78, 5) is 13.0. The molecule has 1 saturated carbocycles. The molecule has 3 nitrogen and oxygen atoms in total. The van der Waals surface area contributed by atoms with E-state index in [0.29, 0.717) is 6.04 Å². The molecule has 0 spiro atoms. The lowest BCUT2D eigenvalue weighted by molar-refractivity contribution is -0.120. The van der Waals surface area contributed by atoms with Gasteiger partial charge in [-0.1, -0.05) is 12.1 Å². The zero-order chi connectivity index (χ0) is 13.1. The monoisotopic (exact) mass is 264 g/mol. The molecular formula is C14H20N2OS. The van der Waals surface area contributed by atoms with Gasteiger partial charge in [-0.3, -0.25) is 4.79 Å². The molecular weight excluding hydrogens is 244 g/mol. The van der Waals surface area contributed by atoms with Gasteiger partial charge in [0.1, 0.15) is 0 Å². The topological polar surface area (TPSA) is 55.1 Å². The lowest BCUT2D eigenvalue weighted by atomic mass is 10.1. The Morgan fingerprint density at radius 1 is 1.44 bits per heavy atom. The van der Waals surface area contributed by atoms with E-state index < -0.39 is 0 Å². The van der Waals surface area contributed by atoms with Crippen molar-refractivity contribution < 1.29 is 4.79 Å². The van der Waals surface area contributed by atoms with Crippen LogP contribution in [0.5, 0.6) is 0 Å². The van der Waals surface area contributed by atoms with Gasteiger partial charge < -0.3 is 11.1 Å². The van der Waals surface area contributed by atoms with E-state index in [4.69, 9.17) is 5.73 Å². The number of hydrogen-bond donors (Lipinski definition) is 2. The SMILES string of the molecule is CC(Sc1cccc(C(C)N)c1)C(=O)NC1CC1. The quantitative estimate of drug-likeness (QED) is 0.803. The van der Waals surface area contributed by atoms with E-state index in [1.54, 1.807) is 11.8 Å². The second-order valence-corrected chi connectivity index (χ2v) is 6.32. The van der Waals surface area contributed by atoms with E-state index in [0.717, 1.165) is 23.3 Å². The van der Waals surface area contributed by atoms with E-state index in [-0.39, 0.29) is 17.2 Å². The van der Waals surface area contributed by atoms with Crippen LogP contribution in [0.25, 0.3) is 0 Å². The molecule has 1 aromatic carbocycles. The van der Waals surface area contributed by atoms with Crippen LogP contribution in [0.15, 0.2) is 29.2 Å². The summed E-state index contributed by atoms with van der Waals surface area (Å²) in [6.07, 6.45) is 2.26. The van der Waals surface area contributed by atoms with Crippen LogP contribution in [0.3, 0.4) is 0 Å². The number of carbonyl (C=O) groups excluding carboxylic acids is 1. The van der Waals surface area contributed by atoms with Gasteiger partial charge in [0, 0.05) is 17.0 Å². The minimum absolute atomic E-state index is 0.0288. The minimum atomic E-state index is -0.0612. The Kier molecular flexibility index (Phi) is 4.30. The summed E-state index contributed by atoms with van der Waals surface area (Å²) in [5.41, 5.74) is 6.97. The third kappa shape index (κ3) is 3.75. The molecule has 4 heteroatoms. The summed E-state index contributed by atoms with van der Waals surface area (Å²) in [6, 6.07) is 8.56. The van der Waals surface area contributed by atoms with Crippen molar-refractivity contribution in [2.24, 2.45) is 5.73 Å². The zero-order valence-corrected chi connectivity index (χ0v) is 11.7. The molecule has 3 N–H and O–H groups in total. The molecule has 0 saturated heterocycles. The van der Waals surface area contributed by atoms with Gasteiger partial charge in [0.25, 0.3) is 0 Å². The summed E-state index contributed by atoms with van der Waals surface area (Å²) in [5.74, 6) is 0.133. The van der Waals surface area contributed by atoms with Crippen LogP contribution in [0, 0.1) is 0 Å². The summed E-state index contributed by atoms with van der Waals surface area (Å²) in [7, 11) is 0. The van der Waals surface area contributed by atoms with E-state index in [9.17, 15) is 4.79 Å². The Balaban J connectivity index is 1.94. The van der Waals surface area contributed by atoms with E-state index >= 15 is 0 Å². The molecule has 0 aliphatic heterocycles. The average molecular weight is 264 g/mol. The number of hydrogen-bond acceptors (Lipinski definition) is 3. The van der Waals surface area contributed by atoms with Gasteiger partial charge in [0.05, 0.1) is 5.25 Å². The number of rotatable bonds is 5. The van der Waals surface area contributed by atoms with Crippen LogP contribution < -0.4 is 11.1 Å². The normalized spacial score (nSPS) is 18.2. The van der Waals surface area contributed by atoms with Crippen molar-refractivity contribution >= 4 is 17.7 Å². The zero-order valence-electron chi connectivity index (χ0n) is 10.8. The van der Waals surface area contributed by atoms with Crippen molar-refractivity contribution in [3.63, 3.8) is 0 Å². The molecule has 2 unspecified atom stereocenters. The van der Waals surface area contributed by atoms with Gasteiger partial charge >= 0.3 is 0 Å². The molecule has 98 valence electrons. The van der Waals surface area contributed by atoms with Gasteiger partial charge in [-0.15, -0.1) is 11.8 Å². The van der Waals surface area contributed by atoms with Crippen molar-refractivity contribution in [1.82, 2.24) is 5.32 Å². The Morgan fingerprint density at radius 3 is 2.78 bits per heavy atom. The smallest absolute Gasteiger partial charge is 0.233 e. The first kappa shape index (κ1) is 13.4. The Morgan fingerprint density at radius 2 is 2.17 bits per heavy atom. The molecule has 2 rings (SSSR count). The highest BCUT2D eigenvalue weighted by Gasteiger charge is 2.25. The maximum atomic E-state index is 11.9.